The van der Waals surface area contributed by atoms with Gasteiger partial charge in [-0.05, 0) is 25.0 Å². The largest absolute Gasteiger partial charge is 0.497 e. The van der Waals surface area contributed by atoms with Gasteiger partial charge in [0, 0.05) is 24.2 Å². The minimum absolute atomic E-state index is 0.0355. The summed E-state index contributed by atoms with van der Waals surface area (Å²) in [6, 6.07) is 4.84. The third-order valence-corrected chi connectivity index (χ3v) is 5.41. The van der Waals surface area contributed by atoms with Gasteiger partial charge in [-0.2, -0.15) is 0 Å². The van der Waals surface area contributed by atoms with Gasteiger partial charge < -0.3 is 14.8 Å². The molecular weight excluding hydrogens is 332 g/mol. The maximum absolute atomic E-state index is 12.2. The van der Waals surface area contributed by atoms with Crippen LogP contribution in [0.3, 0.4) is 0 Å². The number of nitrogens with one attached hydrogen (secondary N) is 2. The van der Waals surface area contributed by atoms with E-state index in [-0.39, 0.29) is 24.2 Å². The highest BCUT2D eigenvalue weighted by Crippen LogP contribution is 2.22. The van der Waals surface area contributed by atoms with E-state index in [1.807, 2.05) is 0 Å². The average molecular weight is 356 g/mol. The quantitative estimate of drug-likeness (QED) is 0.732. The van der Waals surface area contributed by atoms with Gasteiger partial charge in [-0.1, -0.05) is 12.8 Å². The van der Waals surface area contributed by atoms with Crippen molar-refractivity contribution in [1.82, 2.24) is 10.0 Å². The predicted molar refractivity (Wildman–Crippen MR) is 91.1 cm³/mol. The molecule has 2 rings (SSSR count). The van der Waals surface area contributed by atoms with Crippen molar-refractivity contribution in [2.75, 3.05) is 26.5 Å². The standard InChI is InChI=1S/C16H24N2O5S/c1-22-14-9-12(10-15(11-14)23-2)16(19)17-7-8-24(20,21)18-13-5-3-4-6-13/h9-11,13,18H,3-8H2,1-2H3,(H,17,19). The summed E-state index contributed by atoms with van der Waals surface area (Å²) in [5, 5.41) is 2.61. The van der Waals surface area contributed by atoms with Crippen molar-refractivity contribution in [3.8, 4) is 11.5 Å². The Hall–Kier alpha value is -1.80. The Morgan fingerprint density at radius 2 is 1.71 bits per heavy atom. The number of rotatable bonds is 8. The molecular formula is C16H24N2O5S. The highest BCUT2D eigenvalue weighted by Gasteiger charge is 2.21. The molecule has 134 valence electrons. The molecule has 1 aromatic rings. The number of carbonyl (C=O) groups is 1. The van der Waals surface area contributed by atoms with E-state index in [0.29, 0.717) is 17.1 Å². The second-order valence-electron chi connectivity index (χ2n) is 5.78. The van der Waals surface area contributed by atoms with Gasteiger partial charge in [0.05, 0.1) is 20.0 Å². The van der Waals surface area contributed by atoms with Crippen LogP contribution in [-0.4, -0.2) is 46.9 Å². The van der Waals surface area contributed by atoms with Crippen LogP contribution >= 0.6 is 0 Å². The Labute approximate surface area is 142 Å². The molecule has 0 bridgehead atoms. The van der Waals surface area contributed by atoms with Gasteiger partial charge in [0.15, 0.2) is 0 Å². The fourth-order valence-corrected chi connectivity index (χ4v) is 3.93. The van der Waals surface area contributed by atoms with Gasteiger partial charge in [-0.25, -0.2) is 13.1 Å². The average Bonchev–Trinajstić information content (AvgIpc) is 3.06. The SMILES string of the molecule is COc1cc(OC)cc(C(=O)NCCS(=O)(=O)NC2CCCC2)c1. The zero-order chi connectivity index (χ0) is 17.6. The third-order valence-electron chi connectivity index (χ3n) is 3.97. The summed E-state index contributed by atoms with van der Waals surface area (Å²) < 4.78 is 36.9. The van der Waals surface area contributed by atoms with E-state index in [0.717, 1.165) is 25.7 Å². The van der Waals surface area contributed by atoms with E-state index in [1.54, 1.807) is 18.2 Å². The number of hydrogen-bond donors (Lipinski definition) is 2. The van der Waals surface area contributed by atoms with Gasteiger partial charge in [-0.3, -0.25) is 4.79 Å². The number of hydrogen-bond acceptors (Lipinski definition) is 5. The molecule has 1 aliphatic carbocycles. The van der Waals surface area contributed by atoms with Crippen LogP contribution in [0.1, 0.15) is 36.0 Å². The predicted octanol–water partition coefficient (Wildman–Crippen LogP) is 1.30. The second-order valence-corrected chi connectivity index (χ2v) is 7.65. The Morgan fingerprint density at radius 3 is 2.25 bits per heavy atom. The van der Waals surface area contributed by atoms with Crippen molar-refractivity contribution in [2.45, 2.75) is 31.7 Å². The first-order valence-corrected chi connectivity index (χ1v) is 9.60. The van der Waals surface area contributed by atoms with Crippen molar-refractivity contribution in [3.63, 3.8) is 0 Å². The molecule has 0 atom stereocenters. The summed E-state index contributed by atoms with van der Waals surface area (Å²) in [5.74, 6) is 0.476. The molecule has 1 aliphatic rings. The van der Waals surface area contributed by atoms with Crippen LogP contribution < -0.4 is 19.5 Å². The maximum atomic E-state index is 12.2. The first-order chi connectivity index (χ1) is 11.4. The van der Waals surface area contributed by atoms with E-state index in [2.05, 4.69) is 10.0 Å². The summed E-state index contributed by atoms with van der Waals surface area (Å²) in [4.78, 5) is 12.2. The molecule has 24 heavy (non-hydrogen) atoms. The fraction of sp³-hybridized carbons (Fsp3) is 0.562. The van der Waals surface area contributed by atoms with Crippen molar-refractivity contribution in [3.05, 3.63) is 23.8 Å². The Kier molecular flexibility index (Phi) is 6.44. The van der Waals surface area contributed by atoms with Crippen LogP contribution in [0.2, 0.25) is 0 Å². The van der Waals surface area contributed by atoms with E-state index < -0.39 is 10.0 Å². The van der Waals surface area contributed by atoms with Crippen molar-refractivity contribution < 1.29 is 22.7 Å². The molecule has 1 aromatic carbocycles. The minimum atomic E-state index is -3.38. The minimum Gasteiger partial charge on any atom is -0.497 e. The molecule has 8 heteroatoms. The molecule has 0 saturated heterocycles. The van der Waals surface area contributed by atoms with Crippen LogP contribution in [-0.2, 0) is 10.0 Å². The van der Waals surface area contributed by atoms with Gasteiger partial charge in [-0.15, -0.1) is 0 Å². The van der Waals surface area contributed by atoms with E-state index in [1.165, 1.54) is 14.2 Å². The summed E-state index contributed by atoms with van der Waals surface area (Å²) in [6.07, 6.45) is 3.88. The van der Waals surface area contributed by atoms with Crippen LogP contribution in [0.15, 0.2) is 18.2 Å². The van der Waals surface area contributed by atoms with Crippen LogP contribution in [0.4, 0.5) is 0 Å². The normalized spacial score (nSPS) is 15.2. The maximum Gasteiger partial charge on any atom is 0.251 e. The second kappa shape index (κ2) is 8.34. The van der Waals surface area contributed by atoms with Gasteiger partial charge in [0.1, 0.15) is 11.5 Å². The Morgan fingerprint density at radius 1 is 1.12 bits per heavy atom. The lowest BCUT2D eigenvalue weighted by Gasteiger charge is -2.13. The molecule has 7 nitrogen and oxygen atoms in total. The Bertz CT molecular complexity index is 647. The topological polar surface area (TPSA) is 93.7 Å². The van der Waals surface area contributed by atoms with E-state index >= 15 is 0 Å². The summed E-state index contributed by atoms with van der Waals surface area (Å²) in [6.45, 7) is 0.0421. The van der Waals surface area contributed by atoms with Gasteiger partial charge in [0.2, 0.25) is 10.0 Å². The lowest BCUT2D eigenvalue weighted by Crippen LogP contribution is -2.38. The summed E-state index contributed by atoms with van der Waals surface area (Å²) in [7, 11) is -0.387. The summed E-state index contributed by atoms with van der Waals surface area (Å²) >= 11 is 0. The van der Waals surface area contributed by atoms with Gasteiger partial charge in [0.25, 0.3) is 5.91 Å². The van der Waals surface area contributed by atoms with Crippen molar-refractivity contribution >= 4 is 15.9 Å². The number of sulfonamides is 1. The molecule has 0 aromatic heterocycles. The number of ether oxygens (including phenoxy) is 2. The smallest absolute Gasteiger partial charge is 0.251 e. The number of amides is 1. The molecule has 1 saturated carbocycles. The molecule has 1 amide bonds. The molecule has 0 unspecified atom stereocenters. The lowest BCUT2D eigenvalue weighted by molar-refractivity contribution is 0.0955. The van der Waals surface area contributed by atoms with Crippen molar-refractivity contribution in [2.24, 2.45) is 0 Å². The van der Waals surface area contributed by atoms with Crippen LogP contribution in [0.25, 0.3) is 0 Å². The number of carbonyl (C=O) groups excluding carboxylic acids is 1. The van der Waals surface area contributed by atoms with Crippen molar-refractivity contribution in [1.29, 1.82) is 0 Å². The van der Waals surface area contributed by atoms with E-state index in [4.69, 9.17) is 9.47 Å². The molecule has 0 spiro atoms. The molecule has 2 N–H and O–H groups in total. The lowest BCUT2D eigenvalue weighted by atomic mass is 10.2. The van der Waals surface area contributed by atoms with Crippen LogP contribution in [0, 0.1) is 0 Å². The highest BCUT2D eigenvalue weighted by molar-refractivity contribution is 7.89. The van der Waals surface area contributed by atoms with Gasteiger partial charge >= 0.3 is 0 Å². The monoisotopic (exact) mass is 356 g/mol. The number of benzene rings is 1. The molecule has 0 radical (unpaired) electrons. The highest BCUT2D eigenvalue weighted by atomic mass is 32.2. The number of methoxy groups -OCH3 is 2. The fourth-order valence-electron chi connectivity index (χ4n) is 2.70. The first-order valence-electron chi connectivity index (χ1n) is 7.95. The van der Waals surface area contributed by atoms with E-state index in [9.17, 15) is 13.2 Å². The first kappa shape index (κ1) is 18.5. The Balaban J connectivity index is 1.88. The summed E-state index contributed by atoms with van der Waals surface area (Å²) in [5.41, 5.74) is 0.354. The molecule has 1 fully saturated rings. The zero-order valence-corrected chi connectivity index (χ0v) is 14.8. The van der Waals surface area contributed by atoms with Crippen LogP contribution in [0.5, 0.6) is 11.5 Å². The molecule has 0 heterocycles. The molecule has 0 aliphatic heterocycles. The third kappa shape index (κ3) is 5.38. The zero-order valence-electron chi connectivity index (χ0n) is 14.0.